The van der Waals surface area contributed by atoms with Crippen molar-refractivity contribution in [3.05, 3.63) is 180 Å². The van der Waals surface area contributed by atoms with Crippen molar-refractivity contribution in [2.75, 3.05) is 0 Å². The highest BCUT2D eigenvalue weighted by Crippen LogP contribution is 2.46. The highest BCUT2D eigenvalue weighted by Gasteiger charge is 2.38. The van der Waals surface area contributed by atoms with Crippen LogP contribution in [0.2, 0.25) is 0 Å². The second-order valence-electron chi connectivity index (χ2n) is 17.0. The van der Waals surface area contributed by atoms with Crippen LogP contribution in [0.4, 0.5) is 26.3 Å². The standard InChI is InChI=1S/C55H35F6N9/c1-29-63-30(2)66-52(65-29)35-15-21-49-42(25-35)39-9-5-7-11-46(39)69(49)48-19-13-33(28-62)23-41(48)44-24-34(38-18-17-37(54(56,57)58)27-45(38)55(59,60)61)14-20-51(44)70-47-12-8-6-10-40(47)43-26-36(16-22-50(43)70)53-67-31(3)64-32(4)68-53/h5-27H,1-4H3. The second-order valence-corrected chi connectivity index (χ2v) is 17.0. The summed E-state index contributed by atoms with van der Waals surface area (Å²) in [6, 6.07) is 41.0. The van der Waals surface area contributed by atoms with Crippen LogP contribution in [-0.4, -0.2) is 39.0 Å². The van der Waals surface area contributed by atoms with Crippen molar-refractivity contribution < 1.29 is 26.3 Å². The Morgan fingerprint density at radius 1 is 0.414 bits per heavy atom. The number of nitriles is 1. The topological polar surface area (TPSA) is 111 Å². The molecule has 0 radical (unpaired) electrons. The number of hydrogen-bond acceptors (Lipinski definition) is 7. The van der Waals surface area contributed by atoms with Crippen molar-refractivity contribution in [1.29, 1.82) is 5.26 Å². The highest BCUT2D eigenvalue weighted by molar-refractivity contribution is 6.12. The molecule has 11 rings (SSSR count). The zero-order chi connectivity index (χ0) is 48.8. The lowest BCUT2D eigenvalue weighted by Crippen LogP contribution is -2.12. The van der Waals surface area contributed by atoms with Crippen molar-refractivity contribution in [3.63, 3.8) is 0 Å². The molecule has 4 heterocycles. The number of halogens is 6. The fourth-order valence-electron chi connectivity index (χ4n) is 9.57. The number of alkyl halides is 6. The van der Waals surface area contributed by atoms with E-state index in [2.05, 4.69) is 36.0 Å². The summed E-state index contributed by atoms with van der Waals surface area (Å²) >= 11 is 0. The number of aryl methyl sites for hydroxylation is 4. The van der Waals surface area contributed by atoms with Crippen LogP contribution in [0.25, 0.3) is 100 Å². The maximum Gasteiger partial charge on any atom is 0.417 e. The van der Waals surface area contributed by atoms with Crippen molar-refractivity contribution >= 4 is 43.6 Å². The molecule has 11 aromatic rings. The normalized spacial score (nSPS) is 12.1. The Kier molecular flexibility index (Phi) is 10.1. The van der Waals surface area contributed by atoms with E-state index in [1.807, 2.05) is 94.1 Å². The molecule has 15 heteroatoms. The minimum atomic E-state index is -5.15. The lowest BCUT2D eigenvalue weighted by atomic mass is 9.92. The van der Waals surface area contributed by atoms with E-state index in [0.29, 0.717) is 63.5 Å². The predicted molar refractivity (Wildman–Crippen MR) is 257 cm³/mol. The third-order valence-electron chi connectivity index (χ3n) is 12.4. The molecule has 0 N–H and O–H groups in total. The molecule has 0 aliphatic heterocycles. The van der Waals surface area contributed by atoms with Gasteiger partial charge in [-0.25, -0.2) is 29.9 Å². The molecular formula is C55H35F6N9. The maximum atomic E-state index is 15.0. The van der Waals surface area contributed by atoms with Gasteiger partial charge in [0.05, 0.1) is 56.2 Å². The SMILES string of the molecule is Cc1nc(C)nc(-c2ccc3c(c2)c2ccccc2n3-c2ccc(C#N)cc2-c2cc(-c3ccc(C(F)(F)F)cc3C(F)(F)F)ccc2-n2c3ccccc3c3cc(-c4nc(C)nc(C)n4)ccc32)n1. The van der Waals surface area contributed by atoms with Gasteiger partial charge in [-0.05, 0) is 130 Å². The van der Waals surface area contributed by atoms with Gasteiger partial charge in [0.15, 0.2) is 11.6 Å². The fourth-order valence-corrected chi connectivity index (χ4v) is 9.57. The minimum absolute atomic E-state index is 0.00606. The van der Waals surface area contributed by atoms with E-state index in [1.54, 1.807) is 58.0 Å². The molecule has 0 atom stereocenters. The fraction of sp³-hybridized carbons (Fsp3) is 0.109. The first-order valence-corrected chi connectivity index (χ1v) is 22.0. The summed E-state index contributed by atoms with van der Waals surface area (Å²) in [6.45, 7) is 7.19. The molecule has 9 nitrogen and oxygen atoms in total. The highest BCUT2D eigenvalue weighted by atomic mass is 19.4. The molecule has 0 saturated carbocycles. The van der Waals surface area contributed by atoms with Crippen LogP contribution in [0, 0.1) is 39.0 Å². The van der Waals surface area contributed by atoms with Crippen LogP contribution in [0.5, 0.6) is 0 Å². The van der Waals surface area contributed by atoms with Gasteiger partial charge in [0.25, 0.3) is 0 Å². The molecule has 342 valence electrons. The molecule has 0 aliphatic carbocycles. The van der Waals surface area contributed by atoms with E-state index >= 15 is 0 Å². The van der Waals surface area contributed by atoms with Crippen molar-refractivity contribution in [2.24, 2.45) is 0 Å². The van der Waals surface area contributed by atoms with E-state index in [1.165, 1.54) is 6.07 Å². The van der Waals surface area contributed by atoms with Crippen LogP contribution in [0.3, 0.4) is 0 Å². The number of nitrogens with zero attached hydrogens (tertiary/aromatic N) is 9. The number of aromatic nitrogens is 8. The Morgan fingerprint density at radius 3 is 1.36 bits per heavy atom. The first kappa shape index (κ1) is 43.8. The number of benzene rings is 7. The minimum Gasteiger partial charge on any atom is -0.309 e. The summed E-state index contributed by atoms with van der Waals surface area (Å²) < 4.78 is 90.9. The van der Waals surface area contributed by atoms with Crippen LogP contribution < -0.4 is 0 Å². The van der Waals surface area contributed by atoms with Crippen molar-refractivity contribution in [1.82, 2.24) is 39.0 Å². The first-order chi connectivity index (χ1) is 33.5. The maximum absolute atomic E-state index is 15.0. The molecule has 70 heavy (non-hydrogen) atoms. The van der Waals surface area contributed by atoms with Crippen molar-refractivity contribution in [3.8, 4) is 62.5 Å². The quantitative estimate of drug-likeness (QED) is 0.153. The molecule has 0 saturated heterocycles. The Balaban J connectivity index is 1.23. The van der Waals surface area contributed by atoms with E-state index in [4.69, 9.17) is 0 Å². The van der Waals surface area contributed by atoms with Gasteiger partial charge >= 0.3 is 12.4 Å². The summed E-state index contributed by atoms with van der Waals surface area (Å²) in [6.07, 6.45) is -10.2. The smallest absolute Gasteiger partial charge is 0.309 e. The Bertz CT molecular complexity index is 3970. The summed E-state index contributed by atoms with van der Waals surface area (Å²) in [4.78, 5) is 27.1. The van der Waals surface area contributed by atoms with Crippen LogP contribution in [-0.2, 0) is 12.4 Å². The second kappa shape index (κ2) is 16.2. The summed E-state index contributed by atoms with van der Waals surface area (Å²) in [5.74, 6) is 3.25. The van der Waals surface area contributed by atoms with E-state index < -0.39 is 29.0 Å². The molecule has 0 amide bonds. The number of fused-ring (bicyclic) bond motifs is 6. The summed E-state index contributed by atoms with van der Waals surface area (Å²) in [7, 11) is 0. The number of hydrogen-bond donors (Lipinski definition) is 0. The molecule has 0 aliphatic rings. The predicted octanol–water partition coefficient (Wildman–Crippen LogP) is 14.1. The molecule has 7 aromatic carbocycles. The molecule has 0 bridgehead atoms. The lowest BCUT2D eigenvalue weighted by molar-refractivity contribution is -0.142. The largest absolute Gasteiger partial charge is 0.417 e. The third-order valence-corrected chi connectivity index (χ3v) is 12.4. The Morgan fingerprint density at radius 2 is 0.871 bits per heavy atom. The Hall–Kier alpha value is -8.77. The zero-order valence-electron chi connectivity index (χ0n) is 37.6. The van der Waals surface area contributed by atoms with Gasteiger partial charge in [0.2, 0.25) is 0 Å². The third kappa shape index (κ3) is 7.45. The Labute approximate surface area is 395 Å². The van der Waals surface area contributed by atoms with Crippen molar-refractivity contribution in [2.45, 2.75) is 40.0 Å². The zero-order valence-corrected chi connectivity index (χ0v) is 37.6. The van der Waals surface area contributed by atoms with E-state index in [0.717, 1.165) is 60.8 Å². The van der Waals surface area contributed by atoms with Gasteiger partial charge in [-0.1, -0.05) is 48.5 Å². The van der Waals surface area contributed by atoms with Gasteiger partial charge in [-0.15, -0.1) is 0 Å². The van der Waals surface area contributed by atoms with Crippen LogP contribution in [0.1, 0.15) is 40.0 Å². The number of para-hydroxylation sites is 2. The van der Waals surface area contributed by atoms with Gasteiger partial charge < -0.3 is 9.13 Å². The molecule has 0 spiro atoms. The van der Waals surface area contributed by atoms with E-state index in [-0.39, 0.29) is 17.2 Å². The lowest BCUT2D eigenvalue weighted by Gasteiger charge is -2.21. The molecular weight excluding hydrogens is 901 g/mol. The van der Waals surface area contributed by atoms with Gasteiger partial charge in [0.1, 0.15) is 23.3 Å². The summed E-state index contributed by atoms with van der Waals surface area (Å²) in [5, 5.41) is 13.9. The average molecular weight is 936 g/mol. The molecule has 0 fully saturated rings. The van der Waals surface area contributed by atoms with Crippen LogP contribution >= 0.6 is 0 Å². The monoisotopic (exact) mass is 935 g/mol. The summed E-state index contributed by atoms with van der Waals surface area (Å²) in [5.41, 5.74) is 3.45. The molecule has 4 aromatic heterocycles. The van der Waals surface area contributed by atoms with Crippen LogP contribution in [0.15, 0.2) is 140 Å². The first-order valence-electron chi connectivity index (χ1n) is 22.0. The van der Waals surface area contributed by atoms with E-state index in [9.17, 15) is 31.6 Å². The van der Waals surface area contributed by atoms with Gasteiger partial charge in [-0.2, -0.15) is 31.6 Å². The molecule has 0 unspecified atom stereocenters. The number of rotatable bonds is 6. The average Bonchev–Trinajstić information content (AvgIpc) is 3.84. The van der Waals surface area contributed by atoms with Gasteiger partial charge in [-0.3, -0.25) is 0 Å². The van der Waals surface area contributed by atoms with Gasteiger partial charge in [0, 0.05) is 43.8 Å².